The number of nitrogens with one attached hydrogen (secondary N) is 1. The van der Waals surface area contributed by atoms with Crippen molar-refractivity contribution in [1.82, 2.24) is 19.8 Å². The molecule has 0 spiro atoms. The van der Waals surface area contributed by atoms with E-state index in [0.29, 0.717) is 12.4 Å². The highest BCUT2D eigenvalue weighted by atomic mass is 16.5. The molecule has 0 aromatic carbocycles. The molecule has 2 aromatic heterocycles. The molecule has 1 fully saturated rings. The van der Waals surface area contributed by atoms with Gasteiger partial charge in [0.25, 0.3) is 5.95 Å². The number of hydrogen-bond acceptors (Lipinski definition) is 6. The Kier molecular flexibility index (Phi) is 4.05. The van der Waals surface area contributed by atoms with Crippen LogP contribution in [-0.4, -0.2) is 52.0 Å². The Morgan fingerprint density at radius 3 is 2.67 bits per heavy atom. The van der Waals surface area contributed by atoms with Gasteiger partial charge in [-0.1, -0.05) is 6.92 Å². The van der Waals surface area contributed by atoms with Gasteiger partial charge in [0.15, 0.2) is 11.5 Å². The summed E-state index contributed by atoms with van der Waals surface area (Å²) in [5.41, 5.74) is 3.28. The Balaban J connectivity index is 1.84. The fourth-order valence-corrected chi connectivity index (χ4v) is 3.44. The number of morpholine rings is 1. The number of aromatic nitrogens is 4. The molecule has 8 nitrogen and oxygen atoms in total. The van der Waals surface area contributed by atoms with Gasteiger partial charge in [-0.3, -0.25) is 10.1 Å². The summed E-state index contributed by atoms with van der Waals surface area (Å²) in [4.78, 5) is 14.0. The average molecular weight is 330 g/mol. The molecule has 1 aliphatic carbocycles. The van der Waals surface area contributed by atoms with Gasteiger partial charge in [0.2, 0.25) is 5.91 Å². The van der Waals surface area contributed by atoms with Crippen molar-refractivity contribution in [2.24, 2.45) is 0 Å². The van der Waals surface area contributed by atoms with Gasteiger partial charge in [-0.15, -0.1) is 15.3 Å². The van der Waals surface area contributed by atoms with Crippen molar-refractivity contribution in [2.75, 3.05) is 36.5 Å². The van der Waals surface area contributed by atoms with Crippen molar-refractivity contribution in [2.45, 2.75) is 39.0 Å². The second kappa shape index (κ2) is 6.35. The number of ether oxygens (including phenoxy) is 1. The summed E-state index contributed by atoms with van der Waals surface area (Å²) in [6.07, 6.45) is 4.73. The molecule has 0 radical (unpaired) electrons. The number of aryl methyl sites for hydroxylation is 1. The molecule has 2 aliphatic rings. The van der Waals surface area contributed by atoms with Gasteiger partial charge >= 0.3 is 0 Å². The normalized spacial score (nSPS) is 17.8. The molecule has 0 atom stereocenters. The zero-order valence-corrected chi connectivity index (χ0v) is 13.9. The molecule has 0 unspecified atom stereocenters. The van der Waals surface area contributed by atoms with E-state index in [-0.39, 0.29) is 5.91 Å². The van der Waals surface area contributed by atoms with E-state index in [2.05, 4.69) is 20.4 Å². The standard InChI is InChI=1S/C16H22N6O2/c1-2-13(23)17-16-19-18-14-11-5-3-4-6-12(11)15(20-22(14)16)21-7-9-24-10-8-21/h2-10H2,1H3,(H,17,19,23). The maximum absolute atomic E-state index is 11.8. The van der Waals surface area contributed by atoms with Crippen LogP contribution in [0.1, 0.15) is 37.3 Å². The Bertz CT molecular complexity index is 766. The van der Waals surface area contributed by atoms with E-state index in [1.807, 2.05) is 6.92 Å². The molecule has 0 saturated carbocycles. The van der Waals surface area contributed by atoms with Gasteiger partial charge in [0.05, 0.1) is 13.2 Å². The molecule has 0 bridgehead atoms. The van der Waals surface area contributed by atoms with E-state index in [0.717, 1.165) is 57.0 Å². The minimum Gasteiger partial charge on any atom is -0.378 e. The van der Waals surface area contributed by atoms with Crippen LogP contribution in [0.5, 0.6) is 0 Å². The molecule has 4 rings (SSSR count). The van der Waals surface area contributed by atoms with Crippen LogP contribution in [-0.2, 0) is 22.4 Å². The van der Waals surface area contributed by atoms with Gasteiger partial charge in [0, 0.05) is 30.6 Å². The summed E-state index contributed by atoms with van der Waals surface area (Å²) in [5.74, 6) is 1.31. The third-order valence-electron chi connectivity index (χ3n) is 4.73. The number of carbonyl (C=O) groups excluding carboxylic acids is 1. The fraction of sp³-hybridized carbons (Fsp3) is 0.625. The Morgan fingerprint density at radius 1 is 1.17 bits per heavy atom. The minimum atomic E-state index is -0.0863. The van der Waals surface area contributed by atoms with E-state index in [1.165, 1.54) is 17.5 Å². The number of rotatable bonds is 3. The van der Waals surface area contributed by atoms with Crippen molar-refractivity contribution in [1.29, 1.82) is 0 Å². The van der Waals surface area contributed by atoms with E-state index >= 15 is 0 Å². The maximum atomic E-state index is 11.8. The molecule has 128 valence electrons. The van der Waals surface area contributed by atoms with Crippen molar-refractivity contribution in [3.8, 4) is 0 Å². The lowest BCUT2D eigenvalue weighted by molar-refractivity contribution is -0.115. The van der Waals surface area contributed by atoms with Gasteiger partial charge in [-0.05, 0) is 25.7 Å². The van der Waals surface area contributed by atoms with Crippen molar-refractivity contribution < 1.29 is 9.53 Å². The lowest BCUT2D eigenvalue weighted by atomic mass is 9.92. The Labute approximate surface area is 140 Å². The van der Waals surface area contributed by atoms with Gasteiger partial charge in [-0.2, -0.15) is 4.52 Å². The summed E-state index contributed by atoms with van der Waals surface area (Å²) >= 11 is 0. The molecule has 1 aliphatic heterocycles. The van der Waals surface area contributed by atoms with E-state index < -0.39 is 0 Å². The fourth-order valence-electron chi connectivity index (χ4n) is 3.44. The lowest BCUT2D eigenvalue weighted by Gasteiger charge is -2.31. The number of hydrogen-bond donors (Lipinski definition) is 1. The molecule has 8 heteroatoms. The molecule has 1 N–H and O–H groups in total. The molecule has 3 heterocycles. The molecule has 2 aromatic rings. The van der Waals surface area contributed by atoms with Crippen molar-refractivity contribution >= 4 is 23.3 Å². The predicted octanol–water partition coefficient (Wildman–Crippen LogP) is 1.19. The summed E-state index contributed by atoms with van der Waals surface area (Å²) in [5, 5.41) is 16.1. The monoisotopic (exact) mass is 330 g/mol. The van der Waals surface area contributed by atoms with E-state index in [4.69, 9.17) is 9.84 Å². The second-order valence-electron chi connectivity index (χ2n) is 6.25. The first kappa shape index (κ1) is 15.3. The first-order chi connectivity index (χ1) is 11.8. The molecule has 1 amide bonds. The van der Waals surface area contributed by atoms with E-state index in [9.17, 15) is 4.79 Å². The van der Waals surface area contributed by atoms with Crippen molar-refractivity contribution in [3.63, 3.8) is 0 Å². The van der Waals surface area contributed by atoms with E-state index in [1.54, 1.807) is 4.52 Å². The summed E-state index contributed by atoms with van der Waals surface area (Å²) in [6.45, 7) is 4.92. The average Bonchev–Trinajstić information content (AvgIpc) is 3.04. The van der Waals surface area contributed by atoms with Crippen LogP contribution in [0, 0.1) is 0 Å². The number of anilines is 2. The zero-order valence-electron chi connectivity index (χ0n) is 13.9. The largest absolute Gasteiger partial charge is 0.378 e. The highest BCUT2D eigenvalue weighted by Crippen LogP contribution is 2.32. The van der Waals surface area contributed by atoms with Crippen LogP contribution in [0.15, 0.2) is 0 Å². The van der Waals surface area contributed by atoms with Crippen molar-refractivity contribution in [3.05, 3.63) is 11.1 Å². The molecule has 24 heavy (non-hydrogen) atoms. The summed E-state index contributed by atoms with van der Waals surface area (Å²) in [7, 11) is 0. The third kappa shape index (κ3) is 2.60. The highest BCUT2D eigenvalue weighted by molar-refractivity contribution is 5.89. The third-order valence-corrected chi connectivity index (χ3v) is 4.73. The molecular weight excluding hydrogens is 308 g/mol. The Hall–Kier alpha value is -2.22. The highest BCUT2D eigenvalue weighted by Gasteiger charge is 2.26. The van der Waals surface area contributed by atoms with Crippen LogP contribution in [0.3, 0.4) is 0 Å². The smallest absolute Gasteiger partial charge is 0.252 e. The second-order valence-corrected chi connectivity index (χ2v) is 6.25. The van der Waals surface area contributed by atoms with Crippen LogP contribution in [0.4, 0.5) is 11.8 Å². The first-order valence-corrected chi connectivity index (χ1v) is 8.67. The van der Waals surface area contributed by atoms with Crippen LogP contribution < -0.4 is 10.2 Å². The number of fused-ring (bicyclic) bond motifs is 3. The summed E-state index contributed by atoms with van der Waals surface area (Å²) < 4.78 is 7.17. The zero-order chi connectivity index (χ0) is 16.5. The van der Waals surface area contributed by atoms with Gasteiger partial charge in [0.1, 0.15) is 0 Å². The SMILES string of the molecule is CCC(=O)Nc1nnc2c3c(c(N4CCOCC4)nn12)CCCC3. The van der Waals surface area contributed by atoms with Gasteiger partial charge < -0.3 is 9.64 Å². The number of carbonyl (C=O) groups is 1. The van der Waals surface area contributed by atoms with Gasteiger partial charge in [-0.25, -0.2) is 0 Å². The maximum Gasteiger partial charge on any atom is 0.252 e. The minimum absolute atomic E-state index is 0.0863. The lowest BCUT2D eigenvalue weighted by Crippen LogP contribution is -2.38. The quantitative estimate of drug-likeness (QED) is 0.910. The molecular formula is C16H22N6O2. The topological polar surface area (TPSA) is 84.7 Å². The van der Waals surface area contributed by atoms with Crippen LogP contribution in [0.25, 0.3) is 5.65 Å². The number of amides is 1. The number of nitrogens with zero attached hydrogens (tertiary/aromatic N) is 5. The summed E-state index contributed by atoms with van der Waals surface area (Å²) in [6, 6.07) is 0. The molecule has 1 saturated heterocycles. The Morgan fingerprint density at radius 2 is 1.92 bits per heavy atom. The predicted molar refractivity (Wildman–Crippen MR) is 89.4 cm³/mol. The van der Waals surface area contributed by atoms with Crippen LogP contribution >= 0.6 is 0 Å². The first-order valence-electron chi connectivity index (χ1n) is 8.67. The van der Waals surface area contributed by atoms with Crippen LogP contribution in [0.2, 0.25) is 0 Å².